The van der Waals surface area contributed by atoms with E-state index in [1.165, 1.54) is 10.4 Å². The van der Waals surface area contributed by atoms with Crippen LogP contribution in [0.2, 0.25) is 0 Å². The summed E-state index contributed by atoms with van der Waals surface area (Å²) in [5, 5.41) is 5.11. The van der Waals surface area contributed by atoms with Crippen molar-refractivity contribution in [2.75, 3.05) is 26.4 Å². The second kappa shape index (κ2) is 8.98. The molecule has 2 aromatic rings. The van der Waals surface area contributed by atoms with Crippen molar-refractivity contribution in [1.82, 2.24) is 10.2 Å². The van der Waals surface area contributed by atoms with Crippen LogP contribution in [0.3, 0.4) is 0 Å². The number of rotatable bonds is 8. The third-order valence-corrected chi connectivity index (χ3v) is 5.40. The average molecular weight is 335 g/mol. The molecule has 1 amide bonds. The van der Waals surface area contributed by atoms with Crippen LogP contribution in [0.15, 0.2) is 47.8 Å². The Morgan fingerprint density at radius 3 is 2.64 bits per heavy atom. The van der Waals surface area contributed by atoms with Gasteiger partial charge in [0.1, 0.15) is 0 Å². The molecule has 2 rings (SSSR count). The fourth-order valence-corrected chi connectivity index (χ4v) is 3.87. The number of hydrogen-bond acceptors (Lipinski definition) is 4. The van der Waals surface area contributed by atoms with E-state index in [-0.39, 0.29) is 11.9 Å². The Kier molecular flexibility index (Phi) is 6.96. The van der Waals surface area contributed by atoms with Crippen LogP contribution in [0.4, 0.5) is 0 Å². The van der Waals surface area contributed by atoms with Crippen LogP contribution in [0, 0.1) is 0 Å². The number of likely N-dealkylation sites (N-methyl/N-ethyl adjacent to an activating group) is 1. The van der Waals surface area contributed by atoms with Gasteiger partial charge in [-0.2, -0.15) is 0 Å². The molecule has 0 unspecified atom stereocenters. The van der Waals surface area contributed by atoms with E-state index in [1.54, 1.807) is 23.1 Å². The van der Waals surface area contributed by atoms with Crippen molar-refractivity contribution in [3.8, 4) is 0 Å². The first kappa shape index (κ1) is 17.1. The number of thioether (sulfide) groups is 1. The predicted molar refractivity (Wildman–Crippen MR) is 96.4 cm³/mol. The average Bonchev–Trinajstić information content (AvgIpc) is 3.01. The largest absolute Gasteiger partial charge is 0.353 e. The topological polar surface area (TPSA) is 32.3 Å². The Morgan fingerprint density at radius 1 is 1.23 bits per heavy atom. The number of nitrogens with one attached hydrogen (secondary N) is 1. The summed E-state index contributed by atoms with van der Waals surface area (Å²) in [5.74, 6) is 1.51. The fraction of sp³-hybridized carbons (Fsp3) is 0.353. The van der Waals surface area contributed by atoms with Gasteiger partial charge in [0.15, 0.2) is 0 Å². The van der Waals surface area contributed by atoms with E-state index >= 15 is 0 Å². The maximum Gasteiger partial charge on any atom is 0.230 e. The molecule has 118 valence electrons. The quantitative estimate of drug-likeness (QED) is 0.803. The van der Waals surface area contributed by atoms with Gasteiger partial charge in [0.2, 0.25) is 5.91 Å². The number of thiophene rings is 1. The molecule has 1 aromatic carbocycles. The minimum Gasteiger partial charge on any atom is -0.353 e. The Balaban J connectivity index is 1.76. The predicted octanol–water partition coefficient (Wildman–Crippen LogP) is 3.40. The van der Waals surface area contributed by atoms with Crippen molar-refractivity contribution in [1.29, 1.82) is 0 Å². The molecule has 1 atom stereocenters. The summed E-state index contributed by atoms with van der Waals surface area (Å²) < 4.78 is 0. The second-order valence-electron chi connectivity index (χ2n) is 5.27. The molecule has 0 fully saturated rings. The Bertz CT molecular complexity index is 555. The molecule has 0 spiro atoms. The summed E-state index contributed by atoms with van der Waals surface area (Å²) >= 11 is 3.39. The Hall–Kier alpha value is -1.30. The van der Waals surface area contributed by atoms with Gasteiger partial charge in [0.25, 0.3) is 0 Å². The lowest BCUT2D eigenvalue weighted by Gasteiger charge is -2.25. The van der Waals surface area contributed by atoms with Crippen molar-refractivity contribution in [2.45, 2.75) is 11.8 Å². The Labute approximate surface area is 140 Å². The van der Waals surface area contributed by atoms with Crippen LogP contribution < -0.4 is 5.32 Å². The zero-order valence-corrected chi connectivity index (χ0v) is 14.6. The van der Waals surface area contributed by atoms with Crippen LogP contribution >= 0.6 is 23.1 Å². The van der Waals surface area contributed by atoms with E-state index in [0.29, 0.717) is 12.3 Å². The summed E-state index contributed by atoms with van der Waals surface area (Å²) in [4.78, 5) is 15.4. The SMILES string of the molecule is CN(C)[C@H](CNC(=O)CSCc1cccs1)c1ccccc1. The highest BCUT2D eigenvalue weighted by molar-refractivity contribution is 7.99. The zero-order valence-electron chi connectivity index (χ0n) is 13.0. The summed E-state index contributed by atoms with van der Waals surface area (Å²) in [6.45, 7) is 0.634. The third kappa shape index (κ3) is 5.48. The lowest BCUT2D eigenvalue weighted by molar-refractivity contribution is -0.118. The highest BCUT2D eigenvalue weighted by atomic mass is 32.2. The van der Waals surface area contributed by atoms with Gasteiger partial charge in [-0.1, -0.05) is 36.4 Å². The summed E-state index contributed by atoms with van der Waals surface area (Å²) in [6.07, 6.45) is 0. The van der Waals surface area contributed by atoms with Crippen molar-refractivity contribution in [3.05, 3.63) is 58.3 Å². The van der Waals surface area contributed by atoms with Gasteiger partial charge < -0.3 is 10.2 Å². The van der Waals surface area contributed by atoms with Gasteiger partial charge >= 0.3 is 0 Å². The number of carbonyl (C=O) groups excluding carboxylic acids is 1. The number of benzene rings is 1. The molecular formula is C17H22N2OS2. The molecule has 0 aliphatic rings. The van der Waals surface area contributed by atoms with Crippen molar-refractivity contribution in [2.24, 2.45) is 0 Å². The van der Waals surface area contributed by atoms with Gasteiger partial charge in [-0.25, -0.2) is 0 Å². The first-order valence-corrected chi connectivity index (χ1v) is 9.28. The number of carbonyl (C=O) groups is 1. The maximum absolute atomic E-state index is 12.0. The van der Waals surface area contributed by atoms with Crippen molar-refractivity contribution in [3.63, 3.8) is 0 Å². The van der Waals surface area contributed by atoms with Crippen LogP contribution in [0.25, 0.3) is 0 Å². The second-order valence-corrected chi connectivity index (χ2v) is 7.28. The van der Waals surface area contributed by atoms with Crippen molar-refractivity contribution < 1.29 is 4.79 Å². The van der Waals surface area contributed by atoms with E-state index in [9.17, 15) is 4.79 Å². The first-order chi connectivity index (χ1) is 10.7. The molecule has 0 radical (unpaired) electrons. The van der Waals surface area contributed by atoms with Crippen molar-refractivity contribution >= 4 is 29.0 Å². The van der Waals surface area contributed by atoms with Gasteiger partial charge in [-0.05, 0) is 31.1 Å². The first-order valence-electron chi connectivity index (χ1n) is 7.25. The molecule has 5 heteroatoms. The highest BCUT2D eigenvalue weighted by Gasteiger charge is 2.14. The molecule has 3 nitrogen and oxygen atoms in total. The van der Waals surface area contributed by atoms with Crippen LogP contribution in [-0.4, -0.2) is 37.2 Å². The molecule has 0 bridgehead atoms. The minimum atomic E-state index is 0.101. The fourth-order valence-electron chi connectivity index (χ4n) is 2.17. The maximum atomic E-state index is 12.0. The van der Waals surface area contributed by atoms with E-state index in [4.69, 9.17) is 0 Å². The Morgan fingerprint density at radius 2 is 2.00 bits per heavy atom. The smallest absolute Gasteiger partial charge is 0.230 e. The van der Waals surface area contributed by atoms with E-state index in [1.807, 2.05) is 38.4 Å². The van der Waals surface area contributed by atoms with Gasteiger partial charge in [0.05, 0.1) is 11.8 Å². The molecule has 1 N–H and O–H groups in total. The number of hydrogen-bond donors (Lipinski definition) is 1. The van der Waals surface area contributed by atoms with Gasteiger partial charge in [-0.15, -0.1) is 23.1 Å². The monoisotopic (exact) mass is 334 g/mol. The zero-order chi connectivity index (χ0) is 15.8. The van der Waals surface area contributed by atoms with Crippen LogP contribution in [-0.2, 0) is 10.5 Å². The summed E-state index contributed by atoms with van der Waals surface area (Å²) in [5.41, 5.74) is 1.22. The molecule has 0 aliphatic carbocycles. The van der Waals surface area contributed by atoms with E-state index in [0.717, 1.165) is 5.75 Å². The molecule has 1 aromatic heterocycles. The molecule has 0 aliphatic heterocycles. The standard InChI is InChI=1S/C17H22N2OS2/c1-19(2)16(14-7-4-3-5-8-14)11-18-17(20)13-21-12-15-9-6-10-22-15/h3-10,16H,11-13H2,1-2H3,(H,18,20)/t16-/m1/s1. The van der Waals surface area contributed by atoms with Gasteiger partial charge in [-0.3, -0.25) is 4.79 Å². The molecule has 0 saturated heterocycles. The molecule has 22 heavy (non-hydrogen) atoms. The highest BCUT2D eigenvalue weighted by Crippen LogP contribution is 2.18. The van der Waals surface area contributed by atoms with E-state index < -0.39 is 0 Å². The summed E-state index contributed by atoms with van der Waals surface area (Å²) in [6, 6.07) is 14.6. The molecule has 1 heterocycles. The molecular weight excluding hydrogens is 312 g/mol. The lowest BCUT2D eigenvalue weighted by Crippen LogP contribution is -2.35. The molecule has 0 saturated carbocycles. The van der Waals surface area contributed by atoms with Gasteiger partial charge in [0, 0.05) is 17.2 Å². The lowest BCUT2D eigenvalue weighted by atomic mass is 10.1. The normalized spacial score (nSPS) is 12.3. The van der Waals surface area contributed by atoms with Crippen LogP contribution in [0.5, 0.6) is 0 Å². The van der Waals surface area contributed by atoms with Crippen LogP contribution in [0.1, 0.15) is 16.5 Å². The number of amides is 1. The third-order valence-electron chi connectivity index (χ3n) is 3.36. The summed E-state index contributed by atoms with van der Waals surface area (Å²) in [7, 11) is 4.07. The minimum absolute atomic E-state index is 0.101. The van der Waals surface area contributed by atoms with E-state index in [2.05, 4.69) is 33.8 Å². The number of nitrogens with zero attached hydrogens (tertiary/aromatic N) is 1.